The molecule has 35 heavy (non-hydrogen) atoms. The van der Waals surface area contributed by atoms with Gasteiger partial charge in [-0.2, -0.15) is 0 Å². The molecule has 2 aliphatic carbocycles. The Balaban J connectivity index is 1.31. The molecule has 0 bridgehead atoms. The fraction of sp³-hybridized carbons (Fsp3) is 0.690. The number of nitrogens with zero attached hydrogens (tertiary/aromatic N) is 1. The van der Waals surface area contributed by atoms with Crippen molar-refractivity contribution in [3.8, 4) is 0 Å². The van der Waals surface area contributed by atoms with E-state index in [0.29, 0.717) is 24.9 Å². The number of carbonyl (C=O) groups excluding carboxylic acids is 1. The van der Waals surface area contributed by atoms with Crippen molar-refractivity contribution in [3.63, 3.8) is 0 Å². The zero-order valence-electron chi connectivity index (χ0n) is 21.7. The number of likely N-dealkylation sites (tertiary alicyclic amines) is 1. The molecule has 194 valence electrons. The number of aliphatic hydroxyl groups is 1. The summed E-state index contributed by atoms with van der Waals surface area (Å²) in [5, 5.41) is 11.8. The summed E-state index contributed by atoms with van der Waals surface area (Å²) in [4.78, 5) is 14.1. The molecule has 1 saturated heterocycles. The van der Waals surface area contributed by atoms with Gasteiger partial charge in [0.05, 0.1) is 18.3 Å². The van der Waals surface area contributed by atoms with Crippen LogP contribution < -0.4 is 0 Å². The van der Waals surface area contributed by atoms with Gasteiger partial charge in [-0.05, 0) is 73.6 Å². The van der Waals surface area contributed by atoms with Gasteiger partial charge in [0.15, 0.2) is 0 Å². The lowest BCUT2D eigenvalue weighted by Gasteiger charge is -2.53. The van der Waals surface area contributed by atoms with E-state index in [2.05, 4.69) is 24.8 Å². The number of piperidine rings is 1. The first kappa shape index (κ1) is 26.3. The highest BCUT2D eigenvalue weighted by molar-refractivity contribution is 5.66. The van der Waals surface area contributed by atoms with Gasteiger partial charge in [-0.3, -0.25) is 4.79 Å². The average Bonchev–Trinajstić information content (AvgIpc) is 2.81. The second kappa shape index (κ2) is 11.1. The normalized spacial score (nSPS) is 33.0. The second-order valence-electron chi connectivity index (χ2n) is 11.3. The number of halogens is 1. The Labute approximate surface area is 209 Å². The molecule has 6 heteroatoms. The van der Waals surface area contributed by atoms with E-state index in [4.69, 9.17) is 9.47 Å². The molecule has 0 radical (unpaired) electrons. The first-order valence-electron chi connectivity index (χ1n) is 13.3. The maximum Gasteiger partial charge on any atom is 0.303 e. The fourth-order valence-electron chi connectivity index (χ4n) is 6.59. The lowest BCUT2D eigenvalue weighted by Crippen LogP contribution is -2.56. The number of hydrogen-bond donors (Lipinski definition) is 1. The highest BCUT2D eigenvalue weighted by atomic mass is 19.1. The minimum absolute atomic E-state index is 0.102. The average molecular weight is 488 g/mol. The van der Waals surface area contributed by atoms with Gasteiger partial charge in [0.25, 0.3) is 0 Å². The van der Waals surface area contributed by atoms with Gasteiger partial charge < -0.3 is 19.5 Å². The van der Waals surface area contributed by atoms with E-state index < -0.39 is 5.60 Å². The van der Waals surface area contributed by atoms with E-state index in [0.717, 1.165) is 56.5 Å². The van der Waals surface area contributed by atoms with Crippen LogP contribution in [0.5, 0.6) is 0 Å². The van der Waals surface area contributed by atoms with Crippen molar-refractivity contribution >= 4 is 5.97 Å². The molecular formula is C29H42FNO4. The third kappa shape index (κ3) is 6.15. The third-order valence-electron chi connectivity index (χ3n) is 8.81. The number of benzene rings is 1. The van der Waals surface area contributed by atoms with E-state index in [9.17, 15) is 14.3 Å². The van der Waals surface area contributed by atoms with Crippen molar-refractivity contribution in [2.75, 3.05) is 19.6 Å². The van der Waals surface area contributed by atoms with Crippen LogP contribution in [0.15, 0.2) is 35.9 Å². The molecule has 1 N–H and O–H groups in total. The molecule has 1 aliphatic heterocycles. The highest BCUT2D eigenvalue weighted by Gasteiger charge is 2.52. The summed E-state index contributed by atoms with van der Waals surface area (Å²) in [6, 6.07) is 6.53. The second-order valence-corrected chi connectivity index (χ2v) is 11.3. The van der Waals surface area contributed by atoms with Gasteiger partial charge >= 0.3 is 5.97 Å². The monoisotopic (exact) mass is 487 g/mol. The summed E-state index contributed by atoms with van der Waals surface area (Å²) in [6.07, 6.45) is 6.77. The maximum atomic E-state index is 13.1. The molecule has 0 amide bonds. The summed E-state index contributed by atoms with van der Waals surface area (Å²) in [5.41, 5.74) is 1.26. The van der Waals surface area contributed by atoms with Gasteiger partial charge in [-0.1, -0.05) is 32.1 Å². The van der Waals surface area contributed by atoms with E-state index in [-0.39, 0.29) is 35.8 Å². The summed E-state index contributed by atoms with van der Waals surface area (Å²) < 4.78 is 24.7. The molecule has 6 atom stereocenters. The van der Waals surface area contributed by atoms with Gasteiger partial charge in [0, 0.05) is 38.9 Å². The molecule has 4 rings (SSSR count). The Morgan fingerprint density at radius 2 is 1.89 bits per heavy atom. The number of rotatable bonds is 7. The third-order valence-corrected chi connectivity index (χ3v) is 8.81. The molecule has 1 aromatic carbocycles. The van der Waals surface area contributed by atoms with Crippen LogP contribution in [0.3, 0.4) is 0 Å². The SMILES string of the molecule is CC(=O)O[C@@H]1C[C@@]2(O)[C@H](C)CC[C@@H]([C@H](C)CN3CCC(OCc4ccc(F)cc4)CC3)[C@H]2C=C1C. The van der Waals surface area contributed by atoms with Crippen molar-refractivity contribution in [1.82, 2.24) is 4.90 Å². The number of ether oxygens (including phenoxy) is 2. The minimum atomic E-state index is -0.821. The van der Waals surface area contributed by atoms with E-state index in [1.165, 1.54) is 19.1 Å². The molecule has 1 heterocycles. The first-order chi connectivity index (χ1) is 16.7. The molecule has 0 unspecified atom stereocenters. The van der Waals surface area contributed by atoms with Crippen molar-refractivity contribution in [1.29, 1.82) is 0 Å². The summed E-state index contributed by atoms with van der Waals surface area (Å²) in [5.74, 6) is 0.660. The Bertz CT molecular complexity index is 894. The molecule has 0 spiro atoms. The summed E-state index contributed by atoms with van der Waals surface area (Å²) in [6.45, 7) is 11.5. The van der Waals surface area contributed by atoms with Crippen LogP contribution in [-0.4, -0.2) is 53.4 Å². The summed E-state index contributed by atoms with van der Waals surface area (Å²) in [7, 11) is 0. The van der Waals surface area contributed by atoms with Crippen LogP contribution in [-0.2, 0) is 20.9 Å². The predicted octanol–water partition coefficient (Wildman–Crippen LogP) is 5.12. The van der Waals surface area contributed by atoms with Gasteiger partial charge in [0.1, 0.15) is 11.9 Å². The lowest BCUT2D eigenvalue weighted by molar-refractivity contribution is -0.159. The largest absolute Gasteiger partial charge is 0.458 e. The molecule has 0 aromatic heterocycles. The maximum absolute atomic E-state index is 13.1. The van der Waals surface area contributed by atoms with E-state index in [1.807, 2.05) is 6.92 Å². The highest BCUT2D eigenvalue weighted by Crippen LogP contribution is 2.51. The molecular weight excluding hydrogens is 445 g/mol. The molecule has 3 aliphatic rings. The number of fused-ring (bicyclic) bond motifs is 1. The van der Waals surface area contributed by atoms with Crippen molar-refractivity contribution in [2.24, 2.45) is 23.7 Å². The number of carbonyl (C=O) groups is 1. The standard InChI is InChI=1S/C29H42FNO4/c1-19-15-27-26(10-5-21(3)29(27,33)16-28(19)35-22(4)32)20(2)17-31-13-11-25(12-14-31)34-18-23-6-8-24(30)9-7-23/h6-9,15,20-21,25-28,33H,5,10-14,16-18H2,1-4H3/t20-,21-,26+,27-,28-,29-/m1/s1. The first-order valence-corrected chi connectivity index (χ1v) is 13.3. The lowest BCUT2D eigenvalue weighted by atomic mass is 9.57. The van der Waals surface area contributed by atoms with E-state index >= 15 is 0 Å². The van der Waals surface area contributed by atoms with Crippen molar-refractivity contribution in [3.05, 3.63) is 47.3 Å². The van der Waals surface area contributed by atoms with Crippen LogP contribution in [0.25, 0.3) is 0 Å². The van der Waals surface area contributed by atoms with Gasteiger partial charge in [0.2, 0.25) is 0 Å². The van der Waals surface area contributed by atoms with Crippen LogP contribution in [0.1, 0.15) is 65.4 Å². The fourth-order valence-corrected chi connectivity index (χ4v) is 6.59. The number of esters is 1. The van der Waals surface area contributed by atoms with Gasteiger partial charge in [-0.25, -0.2) is 4.39 Å². The smallest absolute Gasteiger partial charge is 0.303 e. The van der Waals surface area contributed by atoms with Crippen LogP contribution >= 0.6 is 0 Å². The van der Waals surface area contributed by atoms with Crippen LogP contribution in [0.2, 0.25) is 0 Å². The minimum Gasteiger partial charge on any atom is -0.458 e. The van der Waals surface area contributed by atoms with Crippen molar-refractivity contribution < 1.29 is 23.8 Å². The molecule has 5 nitrogen and oxygen atoms in total. The molecule has 1 saturated carbocycles. The Morgan fingerprint density at radius 1 is 1.20 bits per heavy atom. The zero-order chi connectivity index (χ0) is 25.2. The zero-order valence-corrected chi connectivity index (χ0v) is 21.7. The van der Waals surface area contributed by atoms with Gasteiger partial charge in [-0.15, -0.1) is 0 Å². The Morgan fingerprint density at radius 3 is 2.54 bits per heavy atom. The van der Waals surface area contributed by atoms with E-state index in [1.54, 1.807) is 12.1 Å². The molecule has 2 fully saturated rings. The van der Waals surface area contributed by atoms with Crippen molar-refractivity contribution in [2.45, 2.75) is 84.2 Å². The van der Waals surface area contributed by atoms with Crippen LogP contribution in [0, 0.1) is 29.5 Å². The number of hydrogen-bond acceptors (Lipinski definition) is 5. The Kier molecular flexibility index (Phi) is 8.34. The van der Waals surface area contributed by atoms with Crippen LogP contribution in [0.4, 0.5) is 4.39 Å². The predicted molar refractivity (Wildman–Crippen MR) is 134 cm³/mol. The quantitative estimate of drug-likeness (QED) is 0.427. The topological polar surface area (TPSA) is 59.0 Å². The summed E-state index contributed by atoms with van der Waals surface area (Å²) >= 11 is 0. The molecule has 1 aromatic rings. The Hall–Kier alpha value is -1.76.